The molecule has 0 aliphatic heterocycles. The summed E-state index contributed by atoms with van der Waals surface area (Å²) in [6.45, 7) is 3.60. The quantitative estimate of drug-likeness (QED) is 0.250. The van der Waals surface area contributed by atoms with E-state index in [1.54, 1.807) is 19.1 Å². The summed E-state index contributed by atoms with van der Waals surface area (Å²) < 4.78 is 5.11. The highest BCUT2D eigenvalue weighted by Crippen LogP contribution is 2.29. The number of hydrogen-bond acceptors (Lipinski definition) is 5. The third kappa shape index (κ3) is 3.87. The maximum absolute atomic E-state index is 11.3. The summed E-state index contributed by atoms with van der Waals surface area (Å²) in [5.41, 5.74) is 7.40. The molecule has 6 nitrogen and oxygen atoms in total. The van der Waals surface area contributed by atoms with Gasteiger partial charge in [0.2, 0.25) is 0 Å². The Bertz CT molecular complexity index is 691. The number of amides is 1. The second-order valence-corrected chi connectivity index (χ2v) is 5.33. The number of para-hydroxylation sites is 1. The fourth-order valence-electron chi connectivity index (χ4n) is 1.83. The highest BCUT2D eigenvalue weighted by molar-refractivity contribution is 7.34. The number of carbonyl (C=O) groups excluding carboxylic acids is 1. The molecule has 0 saturated carbocycles. The minimum Gasteiger partial charge on any atom is -0.507 e. The van der Waals surface area contributed by atoms with E-state index in [4.69, 9.17) is 15.3 Å². The summed E-state index contributed by atoms with van der Waals surface area (Å²) in [7, 11) is -0.191. The Morgan fingerprint density at radius 1 is 1.23 bits per heavy atom. The summed E-state index contributed by atoms with van der Waals surface area (Å²) >= 11 is 0. The Morgan fingerprint density at radius 3 is 2.64 bits per heavy atom. The number of rotatable bonds is 6. The lowest BCUT2D eigenvalue weighted by Gasteiger charge is -2.11. The van der Waals surface area contributed by atoms with Gasteiger partial charge >= 0.3 is 0 Å². The Morgan fingerprint density at radius 2 is 1.95 bits per heavy atom. The molecule has 0 spiro atoms. The molecule has 22 heavy (non-hydrogen) atoms. The monoisotopic (exact) mass is 320 g/mol. The number of nitrogens with one attached hydrogen (secondary N) is 1. The normalized spacial score (nSPS) is 10.8. The molecule has 116 valence electrons. The van der Waals surface area contributed by atoms with Crippen molar-refractivity contribution >= 4 is 20.6 Å². The summed E-state index contributed by atoms with van der Waals surface area (Å²) in [5, 5.41) is 12.7. The van der Waals surface area contributed by atoms with E-state index in [9.17, 15) is 9.90 Å². The minimum atomic E-state index is -0.690. The molecular formula is C15H17N2O4P. The number of nitrogens with two attached hydrogens (primary N) is 1. The van der Waals surface area contributed by atoms with E-state index in [1.807, 2.05) is 25.1 Å². The number of anilines is 1. The molecule has 0 radical (unpaired) electrons. The van der Waals surface area contributed by atoms with E-state index >= 15 is 0 Å². The fourth-order valence-corrected chi connectivity index (χ4v) is 2.27. The van der Waals surface area contributed by atoms with Crippen molar-refractivity contribution in [3.8, 4) is 11.5 Å². The van der Waals surface area contributed by atoms with Crippen LogP contribution in [-0.2, 0) is 4.67 Å². The van der Waals surface area contributed by atoms with Gasteiger partial charge < -0.3 is 20.8 Å². The molecule has 0 heterocycles. The van der Waals surface area contributed by atoms with E-state index in [0.29, 0.717) is 17.0 Å². The van der Waals surface area contributed by atoms with Crippen LogP contribution >= 0.6 is 8.96 Å². The van der Waals surface area contributed by atoms with E-state index < -0.39 is 5.91 Å². The van der Waals surface area contributed by atoms with Crippen molar-refractivity contribution in [3.63, 3.8) is 0 Å². The first-order chi connectivity index (χ1) is 10.5. The van der Waals surface area contributed by atoms with Gasteiger partial charge in [-0.15, -0.1) is 4.67 Å². The van der Waals surface area contributed by atoms with Gasteiger partial charge in [-0.25, -0.2) is 0 Å². The van der Waals surface area contributed by atoms with Gasteiger partial charge in [0, 0.05) is 5.69 Å². The number of carbonyl (C=O) groups is 1. The Hall–Kier alpha value is -2.30. The molecule has 0 fully saturated rings. The molecule has 2 aromatic carbocycles. The molecule has 2 aromatic rings. The number of primary amides is 1. The largest absolute Gasteiger partial charge is 0.507 e. The third-order valence-electron chi connectivity index (χ3n) is 3.03. The minimum absolute atomic E-state index is 0.0622. The van der Waals surface area contributed by atoms with Crippen molar-refractivity contribution in [1.82, 2.24) is 0 Å². The zero-order valence-electron chi connectivity index (χ0n) is 12.2. The Labute approximate surface area is 130 Å². The number of benzene rings is 2. The Balaban J connectivity index is 1.95. The van der Waals surface area contributed by atoms with Gasteiger partial charge in [-0.1, -0.05) is 18.2 Å². The van der Waals surface area contributed by atoms with Gasteiger partial charge in [0.25, 0.3) is 5.91 Å². The molecule has 2 rings (SSSR count). The van der Waals surface area contributed by atoms with Crippen molar-refractivity contribution in [1.29, 1.82) is 0 Å². The molecule has 0 saturated heterocycles. The number of aromatic hydroxyl groups is 1. The number of hydrogen-bond donors (Lipinski definition) is 3. The first kappa shape index (κ1) is 16.1. The van der Waals surface area contributed by atoms with Crippen LogP contribution in [0.1, 0.15) is 21.5 Å². The Kier molecular flexibility index (Phi) is 5.20. The van der Waals surface area contributed by atoms with Crippen LogP contribution in [0.25, 0.3) is 0 Å². The third-order valence-corrected chi connectivity index (χ3v) is 3.59. The van der Waals surface area contributed by atoms with Gasteiger partial charge in [-0.05, 0) is 43.2 Å². The lowest BCUT2D eigenvalue weighted by molar-refractivity contribution is -0.0840. The first-order valence-corrected chi connectivity index (χ1v) is 7.43. The maximum Gasteiger partial charge on any atom is 0.252 e. The number of aryl methyl sites for hydroxylation is 2. The van der Waals surface area contributed by atoms with Crippen molar-refractivity contribution < 1.29 is 19.5 Å². The molecular weight excluding hydrogens is 303 g/mol. The molecule has 0 aromatic heterocycles. The van der Waals surface area contributed by atoms with Crippen LogP contribution in [0.2, 0.25) is 0 Å². The molecule has 0 bridgehead atoms. The first-order valence-electron chi connectivity index (χ1n) is 6.52. The van der Waals surface area contributed by atoms with Crippen LogP contribution in [0.4, 0.5) is 5.69 Å². The molecule has 1 unspecified atom stereocenters. The lowest BCUT2D eigenvalue weighted by Crippen LogP contribution is -2.11. The number of phenols is 1. The van der Waals surface area contributed by atoms with Crippen molar-refractivity contribution in [2.45, 2.75) is 13.8 Å². The van der Waals surface area contributed by atoms with Crippen molar-refractivity contribution in [2.24, 2.45) is 5.73 Å². The van der Waals surface area contributed by atoms with Gasteiger partial charge in [0.05, 0.1) is 5.56 Å². The SMILES string of the molecule is Cc1ccccc1OOPNc1cc(C)c(O)c(C(N)=O)c1. The average molecular weight is 320 g/mol. The lowest BCUT2D eigenvalue weighted by atomic mass is 10.1. The van der Waals surface area contributed by atoms with Crippen LogP contribution in [0.3, 0.4) is 0 Å². The van der Waals surface area contributed by atoms with E-state index in [1.165, 1.54) is 6.07 Å². The second kappa shape index (κ2) is 7.11. The summed E-state index contributed by atoms with van der Waals surface area (Å²) in [5.74, 6) is -0.167. The molecule has 4 N–H and O–H groups in total. The summed E-state index contributed by atoms with van der Waals surface area (Å²) in [6, 6.07) is 10.6. The zero-order chi connectivity index (χ0) is 16.1. The van der Waals surface area contributed by atoms with Crippen molar-refractivity contribution in [3.05, 3.63) is 53.1 Å². The van der Waals surface area contributed by atoms with Crippen LogP contribution in [0, 0.1) is 13.8 Å². The second-order valence-electron chi connectivity index (χ2n) is 4.71. The molecule has 0 aliphatic rings. The fraction of sp³-hybridized carbons (Fsp3) is 0.133. The van der Waals surface area contributed by atoms with Gasteiger partial charge in [-0.3, -0.25) is 4.79 Å². The molecule has 1 atom stereocenters. The molecule has 1 amide bonds. The highest BCUT2D eigenvalue weighted by atomic mass is 31.1. The summed E-state index contributed by atoms with van der Waals surface area (Å²) in [6.07, 6.45) is 0. The molecule has 0 aliphatic carbocycles. The van der Waals surface area contributed by atoms with Crippen LogP contribution in [0.15, 0.2) is 36.4 Å². The smallest absolute Gasteiger partial charge is 0.252 e. The molecule has 7 heteroatoms. The predicted octanol–water partition coefficient (Wildman–Crippen LogP) is 3.04. The van der Waals surface area contributed by atoms with E-state index in [0.717, 1.165) is 5.56 Å². The van der Waals surface area contributed by atoms with Crippen LogP contribution < -0.4 is 15.7 Å². The van der Waals surface area contributed by atoms with Crippen LogP contribution in [0.5, 0.6) is 11.5 Å². The van der Waals surface area contributed by atoms with Crippen molar-refractivity contribution in [2.75, 3.05) is 5.09 Å². The topological polar surface area (TPSA) is 93.8 Å². The van der Waals surface area contributed by atoms with E-state index in [-0.39, 0.29) is 20.3 Å². The van der Waals surface area contributed by atoms with Crippen LogP contribution in [-0.4, -0.2) is 11.0 Å². The summed E-state index contributed by atoms with van der Waals surface area (Å²) in [4.78, 5) is 16.5. The zero-order valence-corrected chi connectivity index (χ0v) is 13.2. The highest BCUT2D eigenvalue weighted by Gasteiger charge is 2.11. The van der Waals surface area contributed by atoms with Gasteiger partial charge in [0.15, 0.2) is 14.7 Å². The van der Waals surface area contributed by atoms with Gasteiger partial charge in [0.1, 0.15) is 5.75 Å². The maximum atomic E-state index is 11.3. The standard InChI is InChI=1S/C15H17N2O4P/c1-9-5-3-4-6-13(9)20-21-22-17-11-7-10(2)14(18)12(8-11)15(16)19/h3-8,17-18,22H,1-2H3,(H2,16,19). The van der Waals surface area contributed by atoms with E-state index in [2.05, 4.69) is 5.09 Å². The van der Waals surface area contributed by atoms with Gasteiger partial charge in [-0.2, -0.15) is 0 Å². The predicted molar refractivity (Wildman–Crippen MR) is 86.2 cm³/mol. The average Bonchev–Trinajstić information content (AvgIpc) is 2.48.